The molecule has 0 heterocycles. The number of hydrogen-bond acceptors (Lipinski definition) is 2. The van der Waals surface area contributed by atoms with E-state index in [1.165, 1.54) is 11.6 Å². The summed E-state index contributed by atoms with van der Waals surface area (Å²) in [6, 6.07) is 10.9. The highest BCUT2D eigenvalue weighted by atomic mass is 35.7. The highest BCUT2D eigenvalue weighted by Crippen LogP contribution is 2.22. The molecule has 0 aliphatic carbocycles. The number of rotatable bonds is 2. The minimum atomic E-state index is -3.64. The van der Waals surface area contributed by atoms with Crippen molar-refractivity contribution in [3.05, 3.63) is 42.0 Å². The first-order valence-electron chi connectivity index (χ1n) is 4.98. The van der Waals surface area contributed by atoms with E-state index < -0.39 is 9.05 Å². The third-order valence-corrected chi connectivity index (χ3v) is 3.92. The molecule has 2 rings (SSSR count). The van der Waals surface area contributed by atoms with Crippen LogP contribution in [0.3, 0.4) is 0 Å². The van der Waals surface area contributed by atoms with E-state index >= 15 is 0 Å². The lowest BCUT2D eigenvalue weighted by molar-refractivity contribution is 0.609. The fraction of sp³-hybridized carbons (Fsp3) is 0.167. The first kappa shape index (κ1) is 11.4. The molecule has 0 aliphatic heterocycles. The van der Waals surface area contributed by atoms with E-state index in [1.807, 2.05) is 18.2 Å². The van der Waals surface area contributed by atoms with Gasteiger partial charge in [0.05, 0.1) is 4.90 Å². The number of benzene rings is 2. The Morgan fingerprint density at radius 3 is 2.38 bits per heavy atom. The lowest BCUT2D eigenvalue weighted by Crippen LogP contribution is -1.90. The van der Waals surface area contributed by atoms with E-state index in [4.69, 9.17) is 10.7 Å². The molecule has 2 nitrogen and oxygen atoms in total. The average Bonchev–Trinajstić information content (AvgIpc) is 2.26. The van der Waals surface area contributed by atoms with E-state index in [1.54, 1.807) is 12.1 Å². The third-order valence-electron chi connectivity index (χ3n) is 2.57. The summed E-state index contributed by atoms with van der Waals surface area (Å²) in [5, 5.41) is 1.92. The Labute approximate surface area is 99.3 Å². The van der Waals surface area contributed by atoms with Gasteiger partial charge in [0.15, 0.2) is 0 Å². The number of fused-ring (bicyclic) bond motifs is 1. The maximum absolute atomic E-state index is 11.2. The minimum Gasteiger partial charge on any atom is -0.207 e. The van der Waals surface area contributed by atoms with Crippen LogP contribution in [0.4, 0.5) is 0 Å². The molecule has 16 heavy (non-hydrogen) atoms. The minimum absolute atomic E-state index is 0.148. The predicted octanol–water partition coefficient (Wildman–Crippen LogP) is 3.33. The first-order valence-corrected chi connectivity index (χ1v) is 7.29. The van der Waals surface area contributed by atoms with Gasteiger partial charge in [-0.3, -0.25) is 0 Å². The molecule has 0 unspecified atom stereocenters. The van der Waals surface area contributed by atoms with Crippen molar-refractivity contribution in [2.45, 2.75) is 18.2 Å². The molecular formula is C12H11ClO2S. The highest BCUT2D eigenvalue weighted by Gasteiger charge is 2.09. The van der Waals surface area contributed by atoms with Crippen LogP contribution >= 0.6 is 10.7 Å². The van der Waals surface area contributed by atoms with Crippen LogP contribution in [-0.4, -0.2) is 8.42 Å². The smallest absolute Gasteiger partial charge is 0.207 e. The Bertz CT molecular complexity index is 633. The Hall–Kier alpha value is -1.06. The van der Waals surface area contributed by atoms with Crippen molar-refractivity contribution in [3.8, 4) is 0 Å². The Kier molecular flexibility index (Phi) is 2.91. The third kappa shape index (κ3) is 2.20. The second kappa shape index (κ2) is 4.07. The molecule has 0 N–H and O–H groups in total. The summed E-state index contributed by atoms with van der Waals surface area (Å²) >= 11 is 0. The summed E-state index contributed by atoms with van der Waals surface area (Å²) in [5.74, 6) is 0. The molecule has 0 aromatic heterocycles. The number of halogens is 1. The van der Waals surface area contributed by atoms with Crippen LogP contribution in [0.15, 0.2) is 41.3 Å². The summed E-state index contributed by atoms with van der Waals surface area (Å²) in [5.41, 5.74) is 1.18. The fourth-order valence-corrected chi connectivity index (χ4v) is 2.43. The second-order valence-corrected chi connectivity index (χ2v) is 6.20. The summed E-state index contributed by atoms with van der Waals surface area (Å²) in [7, 11) is 1.66. The maximum atomic E-state index is 11.2. The second-order valence-electron chi connectivity index (χ2n) is 3.63. The molecule has 2 aromatic carbocycles. The summed E-state index contributed by atoms with van der Waals surface area (Å²) < 4.78 is 22.4. The summed E-state index contributed by atoms with van der Waals surface area (Å²) in [6.07, 6.45) is 0.924. The Morgan fingerprint density at radius 1 is 1.06 bits per heavy atom. The molecule has 0 saturated carbocycles. The molecule has 0 aliphatic rings. The maximum Gasteiger partial charge on any atom is 0.261 e. The molecule has 2 aromatic rings. The topological polar surface area (TPSA) is 34.1 Å². The van der Waals surface area contributed by atoms with Gasteiger partial charge in [-0.2, -0.15) is 0 Å². The molecule has 0 radical (unpaired) electrons. The largest absolute Gasteiger partial charge is 0.261 e. The molecule has 0 amide bonds. The van der Waals surface area contributed by atoms with Gasteiger partial charge in [0, 0.05) is 10.7 Å². The van der Waals surface area contributed by atoms with Crippen LogP contribution in [-0.2, 0) is 15.5 Å². The standard InChI is InChI=1S/C12H11ClO2S/c1-2-9-3-4-10-5-6-12(16(13,14)15)8-11(10)7-9/h3-8H,2H2,1H3. The predicted molar refractivity (Wildman–Crippen MR) is 66.4 cm³/mol. The van der Waals surface area contributed by atoms with E-state index in [0.29, 0.717) is 0 Å². The summed E-state index contributed by atoms with van der Waals surface area (Å²) in [6.45, 7) is 2.06. The lowest BCUT2D eigenvalue weighted by Gasteiger charge is -2.03. The van der Waals surface area contributed by atoms with Gasteiger partial charge < -0.3 is 0 Å². The van der Waals surface area contributed by atoms with Gasteiger partial charge in [0.1, 0.15) is 0 Å². The molecule has 0 bridgehead atoms. The van der Waals surface area contributed by atoms with Gasteiger partial charge in [0.25, 0.3) is 9.05 Å². The van der Waals surface area contributed by atoms with E-state index in [9.17, 15) is 8.42 Å². The van der Waals surface area contributed by atoms with Gasteiger partial charge in [-0.05, 0) is 34.9 Å². The molecule has 0 atom stereocenters. The Morgan fingerprint density at radius 2 is 1.75 bits per heavy atom. The fourth-order valence-electron chi connectivity index (χ4n) is 1.65. The van der Waals surface area contributed by atoms with Crippen LogP contribution in [0.5, 0.6) is 0 Å². The van der Waals surface area contributed by atoms with Crippen LogP contribution < -0.4 is 0 Å². The molecule has 4 heteroatoms. The van der Waals surface area contributed by atoms with Gasteiger partial charge in [-0.1, -0.05) is 31.2 Å². The molecule has 0 saturated heterocycles. The van der Waals surface area contributed by atoms with Gasteiger partial charge >= 0.3 is 0 Å². The highest BCUT2D eigenvalue weighted by molar-refractivity contribution is 8.13. The van der Waals surface area contributed by atoms with Crippen LogP contribution in [0.25, 0.3) is 10.8 Å². The zero-order valence-electron chi connectivity index (χ0n) is 8.77. The van der Waals surface area contributed by atoms with Gasteiger partial charge in [-0.25, -0.2) is 8.42 Å². The molecule has 84 valence electrons. The van der Waals surface area contributed by atoms with Crippen molar-refractivity contribution >= 4 is 30.5 Å². The van der Waals surface area contributed by atoms with Crippen LogP contribution in [0, 0.1) is 0 Å². The first-order chi connectivity index (χ1) is 7.50. The number of hydrogen-bond donors (Lipinski definition) is 0. The average molecular weight is 255 g/mol. The molecular weight excluding hydrogens is 244 g/mol. The SMILES string of the molecule is CCc1ccc2ccc(S(=O)(=O)Cl)cc2c1. The van der Waals surface area contributed by atoms with E-state index in [0.717, 1.165) is 17.2 Å². The van der Waals surface area contributed by atoms with Crippen molar-refractivity contribution in [2.24, 2.45) is 0 Å². The molecule has 0 fully saturated rings. The van der Waals surface area contributed by atoms with Crippen molar-refractivity contribution in [1.82, 2.24) is 0 Å². The molecule has 0 spiro atoms. The van der Waals surface area contributed by atoms with E-state index in [-0.39, 0.29) is 4.90 Å². The van der Waals surface area contributed by atoms with Crippen molar-refractivity contribution in [2.75, 3.05) is 0 Å². The van der Waals surface area contributed by atoms with Crippen molar-refractivity contribution in [1.29, 1.82) is 0 Å². The van der Waals surface area contributed by atoms with E-state index in [2.05, 4.69) is 6.92 Å². The van der Waals surface area contributed by atoms with Crippen molar-refractivity contribution in [3.63, 3.8) is 0 Å². The Balaban J connectivity index is 2.69. The normalized spacial score (nSPS) is 11.9. The lowest BCUT2D eigenvalue weighted by atomic mass is 10.1. The zero-order chi connectivity index (χ0) is 11.8. The zero-order valence-corrected chi connectivity index (χ0v) is 10.3. The quantitative estimate of drug-likeness (QED) is 0.771. The van der Waals surface area contributed by atoms with Crippen LogP contribution in [0.2, 0.25) is 0 Å². The monoisotopic (exact) mass is 254 g/mol. The van der Waals surface area contributed by atoms with Crippen LogP contribution in [0.1, 0.15) is 12.5 Å². The number of aryl methyl sites for hydroxylation is 1. The van der Waals surface area contributed by atoms with Crippen molar-refractivity contribution < 1.29 is 8.42 Å². The summed E-state index contributed by atoms with van der Waals surface area (Å²) in [4.78, 5) is 0.148. The van der Waals surface area contributed by atoms with Gasteiger partial charge in [0.2, 0.25) is 0 Å². The van der Waals surface area contributed by atoms with Gasteiger partial charge in [-0.15, -0.1) is 0 Å².